The van der Waals surface area contributed by atoms with Crippen molar-refractivity contribution in [1.29, 1.82) is 0 Å². The molecule has 0 aliphatic carbocycles. The molecule has 0 bridgehead atoms. The standard InChI is InChI=1S/C18H29N5O10S/c1-34-5-4-9(16(30)23-11(18(32)33)7-14(27)28)21-17(31)10(6-13(25)26)22-15(29)8(19)2-3-12(20)24/h8-11H,2-7,19H2,1H3,(H2,20,24)(H,21,31)(H,22,29)(H,23,30)(H,25,26)(H,27,28)(H,32,33). The quantitative estimate of drug-likeness (QED) is 0.0968. The van der Waals surface area contributed by atoms with E-state index in [4.69, 9.17) is 26.8 Å². The number of nitrogens with two attached hydrogens (primary N) is 2. The molecule has 4 amide bonds. The van der Waals surface area contributed by atoms with Gasteiger partial charge in [0.05, 0.1) is 18.9 Å². The van der Waals surface area contributed by atoms with Crippen molar-refractivity contribution in [2.24, 2.45) is 11.5 Å². The Balaban J connectivity index is 5.47. The number of carbonyl (C=O) groups is 7. The van der Waals surface area contributed by atoms with Crippen LogP contribution in [-0.2, 0) is 33.6 Å². The van der Waals surface area contributed by atoms with Crippen LogP contribution >= 0.6 is 11.8 Å². The van der Waals surface area contributed by atoms with Crippen LogP contribution < -0.4 is 27.4 Å². The third-order valence-corrected chi connectivity index (χ3v) is 4.93. The van der Waals surface area contributed by atoms with Crippen LogP contribution in [0.15, 0.2) is 0 Å². The van der Waals surface area contributed by atoms with Gasteiger partial charge in [0.25, 0.3) is 0 Å². The van der Waals surface area contributed by atoms with E-state index in [0.717, 1.165) is 0 Å². The van der Waals surface area contributed by atoms with Crippen LogP contribution in [0.3, 0.4) is 0 Å². The summed E-state index contributed by atoms with van der Waals surface area (Å²) >= 11 is 1.29. The Kier molecular flexibility index (Phi) is 13.9. The summed E-state index contributed by atoms with van der Waals surface area (Å²) in [5.41, 5.74) is 10.6. The molecule has 0 saturated heterocycles. The van der Waals surface area contributed by atoms with Gasteiger partial charge in [-0.1, -0.05) is 0 Å². The summed E-state index contributed by atoms with van der Waals surface area (Å²) in [6.45, 7) is 0. The van der Waals surface area contributed by atoms with Gasteiger partial charge in [-0.2, -0.15) is 11.8 Å². The molecular formula is C18H29N5O10S. The Morgan fingerprint density at radius 3 is 1.71 bits per heavy atom. The number of hydrogen-bond acceptors (Lipinski definition) is 9. The number of primary amides is 1. The van der Waals surface area contributed by atoms with Crippen LogP contribution in [0.1, 0.15) is 32.1 Å². The van der Waals surface area contributed by atoms with Gasteiger partial charge in [0.2, 0.25) is 23.6 Å². The number of carboxylic acids is 3. The summed E-state index contributed by atoms with van der Waals surface area (Å²) in [6, 6.07) is -6.04. The SMILES string of the molecule is CSCCC(NC(=O)C(CC(=O)O)NC(=O)C(N)CCC(N)=O)C(=O)NC(CC(=O)O)C(=O)O. The third kappa shape index (κ3) is 12.6. The van der Waals surface area contributed by atoms with Crippen molar-refractivity contribution in [1.82, 2.24) is 16.0 Å². The predicted molar refractivity (Wildman–Crippen MR) is 117 cm³/mol. The number of aliphatic carboxylic acids is 3. The van der Waals surface area contributed by atoms with E-state index in [1.165, 1.54) is 11.8 Å². The van der Waals surface area contributed by atoms with Crippen LogP contribution in [0.25, 0.3) is 0 Å². The van der Waals surface area contributed by atoms with Crippen molar-refractivity contribution in [3.05, 3.63) is 0 Å². The maximum Gasteiger partial charge on any atom is 0.326 e. The Bertz CT molecular complexity index is 793. The summed E-state index contributed by atoms with van der Waals surface area (Å²) in [6.07, 6.45) is -0.463. The fourth-order valence-corrected chi connectivity index (χ4v) is 2.99. The average Bonchev–Trinajstić information content (AvgIpc) is 2.72. The molecule has 0 fully saturated rings. The lowest BCUT2D eigenvalue weighted by molar-refractivity contribution is -0.147. The van der Waals surface area contributed by atoms with Crippen molar-refractivity contribution < 1.29 is 48.9 Å². The Labute approximate surface area is 198 Å². The number of thioether (sulfide) groups is 1. The van der Waals surface area contributed by atoms with Crippen molar-refractivity contribution >= 4 is 53.3 Å². The maximum absolute atomic E-state index is 12.7. The first kappa shape index (κ1) is 30.6. The first-order chi connectivity index (χ1) is 15.8. The van der Waals surface area contributed by atoms with E-state index in [9.17, 15) is 33.6 Å². The van der Waals surface area contributed by atoms with Crippen LogP contribution in [0.2, 0.25) is 0 Å². The fourth-order valence-electron chi connectivity index (χ4n) is 2.52. The predicted octanol–water partition coefficient (Wildman–Crippen LogP) is -3.18. The number of carboxylic acid groups (broad SMARTS) is 3. The molecule has 0 saturated carbocycles. The van der Waals surface area contributed by atoms with E-state index in [1.54, 1.807) is 6.26 Å². The summed E-state index contributed by atoms with van der Waals surface area (Å²) < 4.78 is 0. The van der Waals surface area contributed by atoms with E-state index in [1.807, 2.05) is 5.32 Å². The lowest BCUT2D eigenvalue weighted by Gasteiger charge is -2.24. The summed E-state index contributed by atoms with van der Waals surface area (Å²) in [7, 11) is 0. The van der Waals surface area contributed by atoms with Crippen LogP contribution in [-0.4, -0.2) is 93.0 Å². The zero-order valence-electron chi connectivity index (χ0n) is 18.3. The minimum absolute atomic E-state index is 0.00991. The molecule has 192 valence electrons. The van der Waals surface area contributed by atoms with Crippen LogP contribution in [0.5, 0.6) is 0 Å². The smallest absolute Gasteiger partial charge is 0.326 e. The molecule has 0 aromatic carbocycles. The Hall–Kier alpha value is -3.40. The zero-order chi connectivity index (χ0) is 26.4. The zero-order valence-corrected chi connectivity index (χ0v) is 19.1. The number of hydrogen-bond donors (Lipinski definition) is 8. The first-order valence-electron chi connectivity index (χ1n) is 9.88. The molecule has 0 aromatic rings. The number of nitrogens with one attached hydrogen (secondary N) is 3. The maximum atomic E-state index is 12.7. The average molecular weight is 508 g/mol. The van der Waals surface area contributed by atoms with Gasteiger partial charge < -0.3 is 42.7 Å². The van der Waals surface area contributed by atoms with Crippen molar-refractivity contribution in [3.63, 3.8) is 0 Å². The highest BCUT2D eigenvalue weighted by Crippen LogP contribution is 2.05. The van der Waals surface area contributed by atoms with Crippen LogP contribution in [0, 0.1) is 0 Å². The second-order valence-electron chi connectivity index (χ2n) is 7.11. The molecule has 16 heteroatoms. The lowest BCUT2D eigenvalue weighted by atomic mass is 10.1. The molecule has 0 rings (SSSR count). The van der Waals surface area contributed by atoms with Gasteiger partial charge in [0.15, 0.2) is 0 Å². The number of carbonyl (C=O) groups excluding carboxylic acids is 4. The van der Waals surface area contributed by atoms with Crippen molar-refractivity contribution in [2.45, 2.75) is 56.3 Å². The molecule has 4 atom stereocenters. The second-order valence-corrected chi connectivity index (χ2v) is 8.10. The van der Waals surface area contributed by atoms with Crippen molar-refractivity contribution in [2.75, 3.05) is 12.0 Å². The molecule has 0 heterocycles. The molecule has 0 radical (unpaired) electrons. The van der Waals surface area contributed by atoms with Crippen molar-refractivity contribution in [3.8, 4) is 0 Å². The highest BCUT2D eigenvalue weighted by atomic mass is 32.2. The highest BCUT2D eigenvalue weighted by molar-refractivity contribution is 7.98. The first-order valence-corrected chi connectivity index (χ1v) is 11.3. The minimum Gasteiger partial charge on any atom is -0.481 e. The number of amides is 4. The van der Waals surface area contributed by atoms with Gasteiger partial charge in [-0.05, 0) is 24.9 Å². The Morgan fingerprint density at radius 2 is 1.24 bits per heavy atom. The lowest BCUT2D eigenvalue weighted by Crippen LogP contribution is -2.57. The summed E-state index contributed by atoms with van der Waals surface area (Å²) in [5.74, 6) is -7.93. The molecular weight excluding hydrogens is 478 g/mol. The normalized spacial score (nSPS) is 14.1. The minimum atomic E-state index is -1.77. The van der Waals surface area contributed by atoms with E-state index < -0.39 is 78.5 Å². The molecule has 0 spiro atoms. The fraction of sp³-hybridized carbons (Fsp3) is 0.611. The second kappa shape index (κ2) is 15.4. The third-order valence-electron chi connectivity index (χ3n) is 4.29. The van der Waals surface area contributed by atoms with Crippen LogP contribution in [0.4, 0.5) is 0 Å². The van der Waals surface area contributed by atoms with E-state index in [2.05, 4.69) is 10.6 Å². The van der Waals surface area contributed by atoms with E-state index >= 15 is 0 Å². The van der Waals surface area contributed by atoms with Gasteiger partial charge in [-0.25, -0.2) is 4.79 Å². The van der Waals surface area contributed by atoms with Gasteiger partial charge in [-0.3, -0.25) is 28.8 Å². The van der Waals surface area contributed by atoms with Gasteiger partial charge in [-0.15, -0.1) is 0 Å². The van der Waals surface area contributed by atoms with E-state index in [-0.39, 0.29) is 19.3 Å². The number of rotatable bonds is 17. The van der Waals surface area contributed by atoms with E-state index in [0.29, 0.717) is 5.75 Å². The molecule has 0 aliphatic heterocycles. The van der Waals surface area contributed by atoms with Gasteiger partial charge in [0, 0.05) is 6.42 Å². The largest absolute Gasteiger partial charge is 0.481 e. The molecule has 10 N–H and O–H groups in total. The summed E-state index contributed by atoms with van der Waals surface area (Å²) in [4.78, 5) is 81.5. The molecule has 0 aromatic heterocycles. The summed E-state index contributed by atoms with van der Waals surface area (Å²) in [5, 5.41) is 33.4. The topological polar surface area (TPSA) is 268 Å². The van der Waals surface area contributed by atoms with Gasteiger partial charge in [0.1, 0.15) is 18.1 Å². The molecule has 15 nitrogen and oxygen atoms in total. The monoisotopic (exact) mass is 507 g/mol. The molecule has 4 unspecified atom stereocenters. The highest BCUT2D eigenvalue weighted by Gasteiger charge is 2.32. The molecule has 0 aliphatic rings. The molecule has 34 heavy (non-hydrogen) atoms. The Morgan fingerprint density at radius 1 is 0.765 bits per heavy atom. The van der Waals surface area contributed by atoms with Gasteiger partial charge >= 0.3 is 17.9 Å².